The predicted octanol–water partition coefficient (Wildman–Crippen LogP) is 2.65. The predicted molar refractivity (Wildman–Crippen MR) is 56.7 cm³/mol. The molecule has 0 amide bonds. The van der Waals surface area contributed by atoms with E-state index in [1.54, 1.807) is 0 Å². The quantitative estimate of drug-likeness (QED) is 0.788. The smallest absolute Gasteiger partial charge is 0.399 e. The van der Waals surface area contributed by atoms with Crippen LogP contribution in [-0.4, -0.2) is 12.0 Å². The van der Waals surface area contributed by atoms with Crippen molar-refractivity contribution in [1.82, 2.24) is 0 Å². The molecule has 1 unspecified atom stereocenters. The molecule has 1 aromatic carbocycles. The Bertz CT molecular complexity index is 533. The number of ketones is 1. The number of carbonyl (C=O) groups excluding carboxylic acids is 1. The van der Waals surface area contributed by atoms with Gasteiger partial charge < -0.3 is 5.73 Å². The Morgan fingerprint density at radius 3 is 2.44 bits per heavy atom. The number of allylic oxidation sites excluding steroid dienone is 2. The van der Waals surface area contributed by atoms with E-state index in [4.69, 9.17) is 5.73 Å². The van der Waals surface area contributed by atoms with Crippen molar-refractivity contribution in [1.29, 1.82) is 0 Å². The number of hydrogen-bond donors (Lipinski definition) is 1. The Balaban J connectivity index is 2.41. The van der Waals surface area contributed by atoms with Gasteiger partial charge in [0, 0.05) is 17.7 Å². The summed E-state index contributed by atoms with van der Waals surface area (Å²) in [6.45, 7) is 0. The minimum absolute atomic E-state index is 0.0873. The van der Waals surface area contributed by atoms with Crippen LogP contribution in [0.2, 0.25) is 0 Å². The van der Waals surface area contributed by atoms with Crippen LogP contribution in [-0.2, 0) is 4.79 Å². The average Bonchev–Trinajstić information content (AvgIpc) is 2.54. The summed E-state index contributed by atoms with van der Waals surface area (Å²) in [7, 11) is 0. The SMILES string of the molecule is NC1=C(c2cccc(F)c2)C(=O)C(C(F)(F)F)C1. The first-order valence-electron chi connectivity index (χ1n) is 5.16. The molecular formula is C12H9F4NO. The summed E-state index contributed by atoms with van der Waals surface area (Å²) < 4.78 is 50.7. The zero-order chi connectivity index (χ0) is 13.5. The summed E-state index contributed by atoms with van der Waals surface area (Å²) in [6.07, 6.45) is -5.19. The highest BCUT2D eigenvalue weighted by atomic mass is 19.4. The third kappa shape index (κ3) is 2.10. The van der Waals surface area contributed by atoms with Crippen molar-refractivity contribution in [3.8, 4) is 0 Å². The van der Waals surface area contributed by atoms with Crippen LogP contribution in [0.3, 0.4) is 0 Å². The van der Waals surface area contributed by atoms with Gasteiger partial charge in [-0.15, -0.1) is 0 Å². The van der Waals surface area contributed by atoms with Crippen LogP contribution in [0.25, 0.3) is 5.57 Å². The maximum Gasteiger partial charge on any atom is 0.399 e. The molecule has 0 fully saturated rings. The van der Waals surface area contributed by atoms with Gasteiger partial charge in [0.1, 0.15) is 11.7 Å². The van der Waals surface area contributed by atoms with E-state index in [1.165, 1.54) is 12.1 Å². The van der Waals surface area contributed by atoms with Crippen molar-refractivity contribution in [3.63, 3.8) is 0 Å². The van der Waals surface area contributed by atoms with Crippen LogP contribution in [0.4, 0.5) is 17.6 Å². The molecule has 0 radical (unpaired) electrons. The summed E-state index contributed by atoms with van der Waals surface area (Å²) in [6, 6.07) is 4.82. The lowest BCUT2D eigenvalue weighted by Gasteiger charge is -2.13. The normalized spacial score (nSPS) is 20.7. The fraction of sp³-hybridized carbons (Fsp3) is 0.250. The van der Waals surface area contributed by atoms with Crippen LogP contribution < -0.4 is 5.73 Å². The zero-order valence-corrected chi connectivity index (χ0v) is 9.09. The van der Waals surface area contributed by atoms with Crippen LogP contribution >= 0.6 is 0 Å². The molecule has 0 bridgehead atoms. The first-order valence-corrected chi connectivity index (χ1v) is 5.16. The molecule has 18 heavy (non-hydrogen) atoms. The second-order valence-corrected chi connectivity index (χ2v) is 4.07. The summed E-state index contributed by atoms with van der Waals surface area (Å²) in [4.78, 5) is 11.7. The van der Waals surface area contributed by atoms with Gasteiger partial charge >= 0.3 is 6.18 Å². The fourth-order valence-corrected chi connectivity index (χ4v) is 1.98. The highest BCUT2D eigenvalue weighted by molar-refractivity contribution is 6.25. The number of Topliss-reactive ketones (excluding diaryl/α,β-unsaturated/α-hetero) is 1. The van der Waals surface area contributed by atoms with E-state index >= 15 is 0 Å². The molecule has 0 saturated heterocycles. The number of halogens is 4. The Morgan fingerprint density at radius 2 is 1.94 bits per heavy atom. The molecule has 1 atom stereocenters. The zero-order valence-electron chi connectivity index (χ0n) is 9.09. The molecule has 0 spiro atoms. The monoisotopic (exact) mass is 259 g/mol. The molecule has 0 aromatic heterocycles. The third-order valence-electron chi connectivity index (χ3n) is 2.82. The topological polar surface area (TPSA) is 43.1 Å². The summed E-state index contributed by atoms with van der Waals surface area (Å²) in [5.74, 6) is -3.84. The van der Waals surface area contributed by atoms with Crippen molar-refractivity contribution in [2.24, 2.45) is 11.7 Å². The minimum Gasteiger partial charge on any atom is -0.401 e. The van der Waals surface area contributed by atoms with E-state index in [1.807, 2.05) is 0 Å². The number of benzene rings is 1. The Morgan fingerprint density at radius 1 is 1.28 bits per heavy atom. The van der Waals surface area contributed by atoms with Crippen molar-refractivity contribution < 1.29 is 22.4 Å². The Hall–Kier alpha value is -1.85. The van der Waals surface area contributed by atoms with Crippen molar-refractivity contribution in [2.45, 2.75) is 12.6 Å². The Labute approximate surface area is 100 Å². The maximum absolute atomic E-state index is 13.0. The van der Waals surface area contributed by atoms with Crippen LogP contribution in [0.1, 0.15) is 12.0 Å². The number of hydrogen-bond acceptors (Lipinski definition) is 2. The number of nitrogens with two attached hydrogens (primary N) is 1. The van der Waals surface area contributed by atoms with Crippen LogP contribution in [0.15, 0.2) is 30.0 Å². The molecule has 0 heterocycles. The largest absolute Gasteiger partial charge is 0.401 e. The second-order valence-electron chi connectivity index (χ2n) is 4.07. The molecule has 1 aliphatic carbocycles. The lowest BCUT2D eigenvalue weighted by molar-refractivity contribution is -0.176. The summed E-state index contributed by atoms with van der Waals surface area (Å²) in [5, 5.41) is 0. The van der Waals surface area contributed by atoms with E-state index in [-0.39, 0.29) is 16.8 Å². The molecule has 1 aliphatic rings. The number of rotatable bonds is 1. The summed E-state index contributed by atoms with van der Waals surface area (Å²) >= 11 is 0. The van der Waals surface area contributed by atoms with Crippen LogP contribution in [0, 0.1) is 11.7 Å². The average molecular weight is 259 g/mol. The van der Waals surface area contributed by atoms with Crippen molar-refractivity contribution in [3.05, 3.63) is 41.3 Å². The van der Waals surface area contributed by atoms with E-state index in [2.05, 4.69) is 0 Å². The van der Waals surface area contributed by atoms with Gasteiger partial charge in [0.05, 0.1) is 0 Å². The first kappa shape index (κ1) is 12.6. The maximum atomic E-state index is 13.0. The van der Waals surface area contributed by atoms with Gasteiger partial charge in [0.2, 0.25) is 0 Å². The highest BCUT2D eigenvalue weighted by Gasteiger charge is 2.49. The Kier molecular flexibility index (Phi) is 2.88. The van der Waals surface area contributed by atoms with Crippen molar-refractivity contribution in [2.75, 3.05) is 0 Å². The molecule has 2 rings (SSSR count). The summed E-state index contributed by atoms with van der Waals surface area (Å²) in [5.41, 5.74) is 5.19. The molecule has 1 aromatic rings. The molecule has 2 N–H and O–H groups in total. The number of carbonyl (C=O) groups is 1. The molecule has 0 saturated carbocycles. The lowest BCUT2D eigenvalue weighted by atomic mass is 9.99. The molecule has 6 heteroatoms. The van der Waals surface area contributed by atoms with Gasteiger partial charge in [0.15, 0.2) is 5.78 Å². The van der Waals surface area contributed by atoms with Gasteiger partial charge in [-0.3, -0.25) is 4.79 Å². The standard InChI is InChI=1S/C12H9F4NO/c13-7-3-1-2-6(4-7)10-9(17)5-8(11(10)18)12(14,15)16/h1-4,8H,5,17H2. The van der Waals surface area contributed by atoms with Crippen LogP contribution in [0.5, 0.6) is 0 Å². The third-order valence-corrected chi connectivity index (χ3v) is 2.82. The van der Waals surface area contributed by atoms with E-state index in [0.717, 1.165) is 12.1 Å². The lowest BCUT2D eigenvalue weighted by Crippen LogP contribution is -2.27. The van der Waals surface area contributed by atoms with Gasteiger partial charge in [-0.1, -0.05) is 12.1 Å². The van der Waals surface area contributed by atoms with E-state index in [0.29, 0.717) is 0 Å². The van der Waals surface area contributed by atoms with Gasteiger partial charge in [0.25, 0.3) is 0 Å². The fourth-order valence-electron chi connectivity index (χ4n) is 1.98. The number of alkyl halides is 3. The molecule has 2 nitrogen and oxygen atoms in total. The van der Waals surface area contributed by atoms with Gasteiger partial charge in [-0.05, 0) is 17.7 Å². The molecule has 0 aliphatic heterocycles. The highest BCUT2D eigenvalue weighted by Crippen LogP contribution is 2.41. The van der Waals surface area contributed by atoms with Crippen molar-refractivity contribution >= 4 is 11.4 Å². The first-order chi connectivity index (χ1) is 8.30. The van der Waals surface area contributed by atoms with E-state index in [9.17, 15) is 22.4 Å². The van der Waals surface area contributed by atoms with Gasteiger partial charge in [-0.2, -0.15) is 13.2 Å². The van der Waals surface area contributed by atoms with Gasteiger partial charge in [-0.25, -0.2) is 4.39 Å². The van der Waals surface area contributed by atoms with E-state index < -0.39 is 30.1 Å². The molecular weight excluding hydrogens is 250 g/mol. The second kappa shape index (κ2) is 4.12. The minimum atomic E-state index is -4.63. The molecule has 96 valence electrons.